The Labute approximate surface area is 133 Å². The zero-order chi connectivity index (χ0) is 15.8. The van der Waals surface area contributed by atoms with Gasteiger partial charge in [0, 0.05) is 22.4 Å². The van der Waals surface area contributed by atoms with Crippen molar-refractivity contribution < 1.29 is 14.3 Å². The number of carbonyl (C=O) groups excluding carboxylic acids is 2. The lowest BCUT2D eigenvalue weighted by atomic mass is 10.2. The molecule has 5 heteroatoms. The Hall–Kier alpha value is -2.40. The van der Waals surface area contributed by atoms with Crippen molar-refractivity contribution >= 4 is 29.3 Å². The van der Waals surface area contributed by atoms with Gasteiger partial charge in [0.05, 0.1) is 13.5 Å². The van der Waals surface area contributed by atoms with Gasteiger partial charge in [-0.15, -0.1) is 11.3 Å². The summed E-state index contributed by atoms with van der Waals surface area (Å²) in [6, 6.07) is 14.1. The monoisotopic (exact) mass is 315 g/mol. The number of amides is 1. The molecule has 1 aromatic heterocycles. The molecule has 1 aromatic carbocycles. The number of methoxy groups -OCH3 is 1. The minimum atomic E-state index is -0.338. The fourth-order valence-electron chi connectivity index (χ4n) is 1.81. The van der Waals surface area contributed by atoms with Gasteiger partial charge in [-0.1, -0.05) is 30.3 Å². The van der Waals surface area contributed by atoms with Crippen LogP contribution >= 0.6 is 11.3 Å². The Kier molecular flexibility index (Phi) is 5.91. The molecule has 0 fully saturated rings. The average molecular weight is 315 g/mol. The molecule has 0 saturated heterocycles. The molecule has 0 aliphatic rings. The fraction of sp³-hybridized carbons (Fsp3) is 0.176. The molecule has 0 spiro atoms. The molecule has 0 atom stereocenters. The van der Waals surface area contributed by atoms with Gasteiger partial charge in [-0.05, 0) is 23.8 Å². The smallest absolute Gasteiger partial charge is 0.307 e. The van der Waals surface area contributed by atoms with E-state index in [1.165, 1.54) is 13.2 Å². The Morgan fingerprint density at radius 1 is 1.18 bits per heavy atom. The first-order valence-corrected chi connectivity index (χ1v) is 7.68. The third-order valence-corrected chi connectivity index (χ3v) is 4.04. The summed E-state index contributed by atoms with van der Waals surface area (Å²) < 4.78 is 4.50. The zero-order valence-electron chi connectivity index (χ0n) is 12.2. The van der Waals surface area contributed by atoms with Gasteiger partial charge in [-0.2, -0.15) is 0 Å². The predicted octanol–water partition coefficient (Wildman–Crippen LogP) is 3.11. The standard InChI is InChI=1S/C17H17NO3S/c1-21-17(20)11-12-18-16(19)10-8-14-7-9-15(22-14)13-5-3-2-4-6-13/h2-10H,11-12H2,1H3,(H,18,19)/b10-8+. The number of hydrogen-bond acceptors (Lipinski definition) is 4. The van der Waals surface area contributed by atoms with Crippen molar-refractivity contribution in [1.29, 1.82) is 0 Å². The van der Waals surface area contributed by atoms with E-state index in [2.05, 4.69) is 22.2 Å². The molecule has 0 bridgehead atoms. The topological polar surface area (TPSA) is 55.4 Å². The van der Waals surface area contributed by atoms with Gasteiger partial charge < -0.3 is 10.1 Å². The van der Waals surface area contributed by atoms with Crippen LogP contribution in [0.2, 0.25) is 0 Å². The molecule has 4 nitrogen and oxygen atoms in total. The molecule has 1 amide bonds. The summed E-state index contributed by atoms with van der Waals surface area (Å²) in [6.45, 7) is 0.273. The van der Waals surface area contributed by atoms with E-state index in [-0.39, 0.29) is 24.8 Å². The predicted molar refractivity (Wildman–Crippen MR) is 88.4 cm³/mol. The van der Waals surface area contributed by atoms with E-state index < -0.39 is 0 Å². The van der Waals surface area contributed by atoms with Crippen LogP contribution in [0.1, 0.15) is 11.3 Å². The molecule has 2 aromatic rings. The van der Waals surface area contributed by atoms with Crippen LogP contribution in [-0.4, -0.2) is 25.5 Å². The Balaban J connectivity index is 1.87. The minimum absolute atomic E-state index is 0.174. The van der Waals surface area contributed by atoms with Crippen molar-refractivity contribution in [2.45, 2.75) is 6.42 Å². The third kappa shape index (κ3) is 4.86. The summed E-state index contributed by atoms with van der Waals surface area (Å²) >= 11 is 1.62. The minimum Gasteiger partial charge on any atom is -0.469 e. The first-order chi connectivity index (χ1) is 10.7. The number of rotatable bonds is 6. The van der Waals surface area contributed by atoms with E-state index in [1.807, 2.05) is 30.3 Å². The first-order valence-electron chi connectivity index (χ1n) is 6.87. The Bertz CT molecular complexity index is 662. The quantitative estimate of drug-likeness (QED) is 0.658. The number of ether oxygens (including phenoxy) is 1. The normalized spacial score (nSPS) is 10.6. The highest BCUT2D eigenvalue weighted by atomic mass is 32.1. The Morgan fingerprint density at radius 2 is 1.95 bits per heavy atom. The van der Waals surface area contributed by atoms with Crippen molar-refractivity contribution in [1.82, 2.24) is 5.32 Å². The highest BCUT2D eigenvalue weighted by molar-refractivity contribution is 7.16. The maximum Gasteiger partial charge on any atom is 0.307 e. The summed E-state index contributed by atoms with van der Waals surface area (Å²) in [5.41, 5.74) is 1.16. The second-order valence-corrected chi connectivity index (χ2v) is 5.63. The molecule has 0 aliphatic heterocycles. The second kappa shape index (κ2) is 8.14. The lowest BCUT2D eigenvalue weighted by Crippen LogP contribution is -2.24. The van der Waals surface area contributed by atoms with E-state index in [9.17, 15) is 9.59 Å². The number of nitrogens with one attached hydrogen (secondary N) is 1. The molecule has 114 valence electrons. The second-order valence-electron chi connectivity index (χ2n) is 4.52. The van der Waals surface area contributed by atoms with Crippen molar-refractivity contribution in [3.63, 3.8) is 0 Å². The van der Waals surface area contributed by atoms with Gasteiger partial charge >= 0.3 is 5.97 Å². The molecule has 22 heavy (non-hydrogen) atoms. The summed E-state index contributed by atoms with van der Waals surface area (Å²) in [6.07, 6.45) is 3.41. The lowest BCUT2D eigenvalue weighted by Gasteiger charge is -2.00. The lowest BCUT2D eigenvalue weighted by molar-refractivity contribution is -0.140. The maximum atomic E-state index is 11.6. The molecular weight excluding hydrogens is 298 g/mol. The van der Waals surface area contributed by atoms with E-state index in [0.717, 1.165) is 15.3 Å². The summed E-state index contributed by atoms with van der Waals surface area (Å²) in [5.74, 6) is -0.561. The van der Waals surface area contributed by atoms with E-state index >= 15 is 0 Å². The summed E-state index contributed by atoms with van der Waals surface area (Å²) in [7, 11) is 1.32. The van der Waals surface area contributed by atoms with Crippen LogP contribution in [0, 0.1) is 0 Å². The number of thiophene rings is 1. The van der Waals surface area contributed by atoms with Crippen molar-refractivity contribution in [2.24, 2.45) is 0 Å². The first kappa shape index (κ1) is 16.0. The van der Waals surface area contributed by atoms with Gasteiger partial charge in [-0.3, -0.25) is 9.59 Å². The Morgan fingerprint density at radius 3 is 2.68 bits per heavy atom. The van der Waals surface area contributed by atoms with Gasteiger partial charge in [0.1, 0.15) is 0 Å². The van der Waals surface area contributed by atoms with Crippen molar-refractivity contribution in [2.75, 3.05) is 13.7 Å². The van der Waals surface area contributed by atoms with Crippen LogP contribution in [0.5, 0.6) is 0 Å². The molecule has 1 N–H and O–H groups in total. The number of carbonyl (C=O) groups is 2. The van der Waals surface area contributed by atoms with Gasteiger partial charge in [0.15, 0.2) is 0 Å². The van der Waals surface area contributed by atoms with Crippen LogP contribution < -0.4 is 5.32 Å². The van der Waals surface area contributed by atoms with Crippen molar-refractivity contribution in [3.05, 3.63) is 53.4 Å². The molecule has 0 unspecified atom stereocenters. The van der Waals surface area contributed by atoms with Crippen LogP contribution in [0.25, 0.3) is 16.5 Å². The maximum absolute atomic E-state index is 11.6. The molecule has 0 saturated carbocycles. The average Bonchev–Trinajstić information content (AvgIpc) is 3.02. The van der Waals surface area contributed by atoms with Gasteiger partial charge in [0.2, 0.25) is 5.91 Å². The molecular formula is C17H17NO3S. The van der Waals surface area contributed by atoms with Crippen LogP contribution in [0.3, 0.4) is 0 Å². The van der Waals surface area contributed by atoms with Gasteiger partial charge in [0.25, 0.3) is 0 Å². The van der Waals surface area contributed by atoms with Gasteiger partial charge in [-0.25, -0.2) is 0 Å². The number of esters is 1. The van der Waals surface area contributed by atoms with E-state index in [0.29, 0.717) is 0 Å². The number of hydrogen-bond donors (Lipinski definition) is 1. The van der Waals surface area contributed by atoms with Crippen molar-refractivity contribution in [3.8, 4) is 10.4 Å². The molecule has 2 rings (SSSR count). The molecule has 0 radical (unpaired) electrons. The highest BCUT2D eigenvalue weighted by Crippen LogP contribution is 2.28. The van der Waals surface area contributed by atoms with E-state index in [4.69, 9.17) is 0 Å². The highest BCUT2D eigenvalue weighted by Gasteiger charge is 2.02. The number of benzene rings is 1. The van der Waals surface area contributed by atoms with Crippen LogP contribution in [-0.2, 0) is 14.3 Å². The largest absolute Gasteiger partial charge is 0.469 e. The fourth-order valence-corrected chi connectivity index (χ4v) is 2.72. The molecule has 0 aliphatic carbocycles. The molecule has 1 heterocycles. The SMILES string of the molecule is COC(=O)CCNC(=O)/C=C/c1ccc(-c2ccccc2)s1. The third-order valence-electron chi connectivity index (χ3n) is 2.94. The summed E-state index contributed by atoms with van der Waals surface area (Å²) in [5, 5.41) is 2.63. The van der Waals surface area contributed by atoms with Crippen LogP contribution in [0.4, 0.5) is 0 Å². The summed E-state index contributed by atoms with van der Waals surface area (Å²) in [4.78, 5) is 24.7. The zero-order valence-corrected chi connectivity index (χ0v) is 13.1. The van der Waals surface area contributed by atoms with Crippen LogP contribution in [0.15, 0.2) is 48.5 Å². The van der Waals surface area contributed by atoms with E-state index in [1.54, 1.807) is 17.4 Å².